The molecule has 0 aliphatic heterocycles. The first-order valence-electron chi connectivity index (χ1n) is 6.88. The number of rotatable bonds is 5. The molecule has 1 aromatic rings. The Labute approximate surface area is 114 Å². The number of nitrogens with zero attached hydrogens (tertiary/aromatic N) is 1. The molecule has 2 rings (SSSR count). The van der Waals surface area contributed by atoms with Gasteiger partial charge in [0.05, 0.1) is 12.7 Å². The van der Waals surface area contributed by atoms with Gasteiger partial charge in [-0.15, -0.1) is 0 Å². The van der Waals surface area contributed by atoms with Crippen LogP contribution in [0.2, 0.25) is 0 Å². The van der Waals surface area contributed by atoms with E-state index in [1.54, 1.807) is 6.07 Å². The predicted molar refractivity (Wildman–Crippen MR) is 77.4 cm³/mol. The van der Waals surface area contributed by atoms with E-state index in [1.165, 1.54) is 26.4 Å². The molecule has 19 heavy (non-hydrogen) atoms. The van der Waals surface area contributed by atoms with Crippen LogP contribution in [0.25, 0.3) is 0 Å². The largest absolute Gasteiger partial charge is 0.465 e. The van der Waals surface area contributed by atoms with Gasteiger partial charge in [0.25, 0.3) is 0 Å². The van der Waals surface area contributed by atoms with Gasteiger partial charge < -0.3 is 15.4 Å². The Morgan fingerprint density at radius 1 is 1.47 bits per heavy atom. The number of carbonyl (C=O) groups excluding carboxylic acids is 1. The minimum atomic E-state index is -0.376. The standard InChI is InChI=1S/C15H22N2O2/c1-3-17(10-11-5-4-6-11)12-7-8-14(16)13(9-12)15(18)19-2/h7-9,11H,3-6,10,16H2,1-2H3. The van der Waals surface area contributed by atoms with Crippen molar-refractivity contribution in [1.29, 1.82) is 0 Å². The van der Waals surface area contributed by atoms with Crippen LogP contribution in [0.1, 0.15) is 36.5 Å². The molecule has 0 radical (unpaired) electrons. The maximum absolute atomic E-state index is 11.7. The van der Waals surface area contributed by atoms with E-state index in [4.69, 9.17) is 10.5 Å². The molecule has 0 heterocycles. The van der Waals surface area contributed by atoms with E-state index in [0.717, 1.165) is 24.7 Å². The van der Waals surface area contributed by atoms with Crippen LogP contribution >= 0.6 is 0 Å². The highest BCUT2D eigenvalue weighted by atomic mass is 16.5. The summed E-state index contributed by atoms with van der Waals surface area (Å²) in [6.45, 7) is 4.12. The highest BCUT2D eigenvalue weighted by Crippen LogP contribution is 2.30. The molecule has 0 unspecified atom stereocenters. The second kappa shape index (κ2) is 5.95. The maximum Gasteiger partial charge on any atom is 0.340 e. The quantitative estimate of drug-likeness (QED) is 0.654. The van der Waals surface area contributed by atoms with Gasteiger partial charge in [0.1, 0.15) is 0 Å². The van der Waals surface area contributed by atoms with Crippen LogP contribution in [-0.2, 0) is 4.74 Å². The van der Waals surface area contributed by atoms with Crippen molar-refractivity contribution in [3.05, 3.63) is 23.8 Å². The van der Waals surface area contributed by atoms with Crippen molar-refractivity contribution in [2.24, 2.45) is 5.92 Å². The van der Waals surface area contributed by atoms with Crippen LogP contribution < -0.4 is 10.6 Å². The topological polar surface area (TPSA) is 55.6 Å². The summed E-state index contributed by atoms with van der Waals surface area (Å²) in [6.07, 6.45) is 3.97. The average molecular weight is 262 g/mol. The minimum absolute atomic E-state index is 0.376. The molecular weight excluding hydrogens is 240 g/mol. The molecule has 2 N–H and O–H groups in total. The summed E-state index contributed by atoms with van der Waals surface area (Å²) >= 11 is 0. The predicted octanol–water partition coefficient (Wildman–Crippen LogP) is 2.68. The molecule has 104 valence electrons. The van der Waals surface area contributed by atoms with Gasteiger partial charge in [0.15, 0.2) is 0 Å². The first-order chi connectivity index (χ1) is 9.15. The lowest BCUT2D eigenvalue weighted by molar-refractivity contribution is 0.0602. The van der Waals surface area contributed by atoms with Gasteiger partial charge in [-0.2, -0.15) is 0 Å². The van der Waals surface area contributed by atoms with Crippen LogP contribution in [-0.4, -0.2) is 26.2 Å². The Hall–Kier alpha value is -1.71. The third kappa shape index (κ3) is 3.00. The van der Waals surface area contributed by atoms with Gasteiger partial charge in [-0.05, 0) is 43.9 Å². The molecule has 0 aromatic heterocycles. The Morgan fingerprint density at radius 3 is 2.74 bits per heavy atom. The molecule has 4 heteroatoms. The Kier molecular flexibility index (Phi) is 4.30. The number of esters is 1. The van der Waals surface area contributed by atoms with Crippen LogP contribution in [0.3, 0.4) is 0 Å². The zero-order chi connectivity index (χ0) is 13.8. The normalized spacial score (nSPS) is 14.8. The van der Waals surface area contributed by atoms with Gasteiger partial charge in [-0.3, -0.25) is 0 Å². The van der Waals surface area contributed by atoms with Gasteiger partial charge in [0, 0.05) is 24.5 Å². The Balaban J connectivity index is 2.19. The lowest BCUT2D eigenvalue weighted by Crippen LogP contribution is -2.32. The summed E-state index contributed by atoms with van der Waals surface area (Å²) in [4.78, 5) is 14.0. The highest BCUT2D eigenvalue weighted by molar-refractivity contribution is 5.96. The number of carbonyl (C=O) groups is 1. The summed E-state index contributed by atoms with van der Waals surface area (Å²) in [5, 5.41) is 0. The minimum Gasteiger partial charge on any atom is -0.465 e. The zero-order valence-corrected chi connectivity index (χ0v) is 11.7. The van der Waals surface area contributed by atoms with E-state index in [2.05, 4.69) is 11.8 Å². The van der Waals surface area contributed by atoms with Crippen molar-refractivity contribution in [1.82, 2.24) is 0 Å². The third-order valence-electron chi connectivity index (χ3n) is 3.89. The van der Waals surface area contributed by atoms with E-state index in [1.807, 2.05) is 12.1 Å². The molecule has 0 amide bonds. The number of hydrogen-bond acceptors (Lipinski definition) is 4. The number of ether oxygens (including phenoxy) is 1. The van der Waals surface area contributed by atoms with Crippen molar-refractivity contribution in [3.8, 4) is 0 Å². The Bertz CT molecular complexity index is 455. The van der Waals surface area contributed by atoms with E-state index in [9.17, 15) is 4.79 Å². The van der Waals surface area contributed by atoms with Crippen molar-refractivity contribution in [2.75, 3.05) is 30.8 Å². The van der Waals surface area contributed by atoms with Gasteiger partial charge in [-0.1, -0.05) is 6.42 Å². The van der Waals surface area contributed by atoms with Crippen molar-refractivity contribution >= 4 is 17.3 Å². The van der Waals surface area contributed by atoms with Crippen molar-refractivity contribution in [3.63, 3.8) is 0 Å². The summed E-state index contributed by atoms with van der Waals surface area (Å²) in [7, 11) is 1.38. The summed E-state index contributed by atoms with van der Waals surface area (Å²) in [5.41, 5.74) is 7.79. The van der Waals surface area contributed by atoms with E-state index in [-0.39, 0.29) is 5.97 Å². The molecule has 1 aliphatic carbocycles. The number of methoxy groups -OCH3 is 1. The van der Waals surface area contributed by atoms with Crippen LogP contribution in [0.5, 0.6) is 0 Å². The van der Waals surface area contributed by atoms with Gasteiger partial charge in [0.2, 0.25) is 0 Å². The fourth-order valence-electron chi connectivity index (χ4n) is 2.43. The number of benzene rings is 1. The molecule has 1 saturated carbocycles. The lowest BCUT2D eigenvalue weighted by Gasteiger charge is -2.33. The van der Waals surface area contributed by atoms with Gasteiger partial charge >= 0.3 is 5.97 Å². The van der Waals surface area contributed by atoms with E-state index in [0.29, 0.717) is 11.3 Å². The summed E-state index contributed by atoms with van der Waals surface area (Å²) in [5.74, 6) is 0.415. The number of nitrogens with two attached hydrogens (primary N) is 1. The molecule has 1 aromatic carbocycles. The number of nitrogen functional groups attached to an aromatic ring is 1. The molecular formula is C15H22N2O2. The third-order valence-corrected chi connectivity index (χ3v) is 3.89. The zero-order valence-electron chi connectivity index (χ0n) is 11.7. The molecule has 1 aliphatic rings. The molecule has 0 saturated heterocycles. The van der Waals surface area contributed by atoms with E-state index < -0.39 is 0 Å². The second-order valence-electron chi connectivity index (χ2n) is 5.10. The fraction of sp³-hybridized carbons (Fsp3) is 0.533. The summed E-state index contributed by atoms with van der Waals surface area (Å²) < 4.78 is 4.76. The maximum atomic E-state index is 11.7. The number of anilines is 2. The lowest BCUT2D eigenvalue weighted by atomic mass is 9.85. The summed E-state index contributed by atoms with van der Waals surface area (Å²) in [6, 6.07) is 5.60. The van der Waals surface area contributed by atoms with Crippen LogP contribution in [0.4, 0.5) is 11.4 Å². The molecule has 1 fully saturated rings. The monoisotopic (exact) mass is 262 g/mol. The number of hydrogen-bond donors (Lipinski definition) is 1. The SMILES string of the molecule is CCN(CC1CCC1)c1ccc(N)c(C(=O)OC)c1. The fourth-order valence-corrected chi connectivity index (χ4v) is 2.43. The second-order valence-corrected chi connectivity index (χ2v) is 5.10. The smallest absolute Gasteiger partial charge is 0.340 e. The molecule has 0 atom stereocenters. The Morgan fingerprint density at radius 2 is 2.21 bits per heavy atom. The first-order valence-corrected chi connectivity index (χ1v) is 6.88. The molecule has 0 spiro atoms. The first kappa shape index (κ1) is 13.7. The molecule has 0 bridgehead atoms. The molecule has 4 nitrogen and oxygen atoms in total. The van der Waals surface area contributed by atoms with Crippen molar-refractivity contribution < 1.29 is 9.53 Å². The average Bonchev–Trinajstić information content (AvgIpc) is 2.38. The highest BCUT2D eigenvalue weighted by Gasteiger charge is 2.21. The van der Waals surface area contributed by atoms with Crippen molar-refractivity contribution in [2.45, 2.75) is 26.2 Å². The van der Waals surface area contributed by atoms with Gasteiger partial charge in [-0.25, -0.2) is 4.79 Å². The van der Waals surface area contributed by atoms with Crippen LogP contribution in [0.15, 0.2) is 18.2 Å². The van der Waals surface area contributed by atoms with E-state index >= 15 is 0 Å². The van der Waals surface area contributed by atoms with Crippen LogP contribution in [0, 0.1) is 5.92 Å².